The third kappa shape index (κ3) is 5.53. The molecule has 2 aromatic rings. The number of thiophene rings is 1. The van der Waals surface area contributed by atoms with Crippen LogP contribution in [-0.4, -0.2) is 54.3 Å². The maximum absolute atomic E-state index is 12.4. The Morgan fingerprint density at radius 1 is 1.11 bits per heavy atom. The maximum Gasteiger partial charge on any atom is 0.246 e. The average Bonchev–Trinajstić information content (AvgIpc) is 3.12. The fraction of sp³-hybridized carbons (Fsp3) is 0.364. The van der Waals surface area contributed by atoms with Gasteiger partial charge in [-0.2, -0.15) is 0 Å². The number of para-hydroxylation sites is 1. The highest BCUT2D eigenvalue weighted by Crippen LogP contribution is 2.17. The van der Waals surface area contributed by atoms with Crippen molar-refractivity contribution in [1.29, 1.82) is 0 Å². The molecule has 0 bridgehead atoms. The summed E-state index contributed by atoms with van der Waals surface area (Å²) in [6.45, 7) is 7.19. The van der Waals surface area contributed by atoms with Gasteiger partial charge in [0.05, 0.1) is 6.54 Å². The van der Waals surface area contributed by atoms with Gasteiger partial charge in [-0.3, -0.25) is 14.5 Å². The molecule has 1 aliphatic heterocycles. The number of nitrogens with zero attached hydrogens (tertiary/aromatic N) is 2. The van der Waals surface area contributed by atoms with Crippen LogP contribution in [0.25, 0.3) is 6.08 Å². The van der Waals surface area contributed by atoms with E-state index in [2.05, 4.69) is 30.1 Å². The molecule has 0 radical (unpaired) electrons. The molecule has 0 aliphatic carbocycles. The number of anilines is 1. The van der Waals surface area contributed by atoms with Gasteiger partial charge in [-0.05, 0) is 43.2 Å². The molecule has 0 atom stereocenters. The number of nitrogens with one attached hydrogen (secondary N) is 1. The minimum Gasteiger partial charge on any atom is -0.337 e. The minimum absolute atomic E-state index is 0.00589. The van der Waals surface area contributed by atoms with Crippen molar-refractivity contribution in [2.24, 2.45) is 0 Å². The summed E-state index contributed by atoms with van der Waals surface area (Å²) >= 11 is 1.68. The second-order valence-corrected chi connectivity index (χ2v) is 8.26. The number of carbonyl (C=O) groups is 2. The second-order valence-electron chi connectivity index (χ2n) is 6.94. The van der Waals surface area contributed by atoms with Crippen LogP contribution < -0.4 is 5.32 Å². The van der Waals surface area contributed by atoms with Crippen LogP contribution in [-0.2, 0) is 16.0 Å². The normalized spacial score (nSPS) is 15.1. The molecular formula is C22H27N3O2S. The van der Waals surface area contributed by atoms with Crippen molar-refractivity contribution in [2.75, 3.05) is 38.0 Å². The number of benzene rings is 1. The van der Waals surface area contributed by atoms with E-state index < -0.39 is 0 Å². The SMILES string of the molecule is CCc1ccccc1NC(=O)CN1CCN(C(=O)/C=C/c2ccc(C)s2)CC1. The molecule has 1 fully saturated rings. The molecule has 1 aromatic heterocycles. The molecule has 148 valence electrons. The Hall–Kier alpha value is -2.44. The van der Waals surface area contributed by atoms with E-state index in [9.17, 15) is 9.59 Å². The van der Waals surface area contributed by atoms with Crippen LogP contribution in [0.2, 0.25) is 0 Å². The highest BCUT2D eigenvalue weighted by atomic mass is 32.1. The number of piperazine rings is 1. The third-order valence-electron chi connectivity index (χ3n) is 4.87. The van der Waals surface area contributed by atoms with Crippen LogP contribution in [0.5, 0.6) is 0 Å². The first-order valence-electron chi connectivity index (χ1n) is 9.68. The standard InChI is InChI=1S/C22H27N3O2S/c1-3-18-6-4-5-7-20(18)23-21(26)16-24-12-14-25(15-13-24)22(27)11-10-19-9-8-17(2)28-19/h4-11H,3,12-16H2,1-2H3,(H,23,26)/b11-10+. The van der Waals surface area contributed by atoms with E-state index in [-0.39, 0.29) is 11.8 Å². The summed E-state index contributed by atoms with van der Waals surface area (Å²) in [6, 6.07) is 12.0. The Balaban J connectivity index is 1.45. The van der Waals surface area contributed by atoms with Crippen LogP contribution in [0.15, 0.2) is 42.5 Å². The fourth-order valence-corrected chi connectivity index (χ4v) is 4.05. The summed E-state index contributed by atoms with van der Waals surface area (Å²) < 4.78 is 0. The third-order valence-corrected chi connectivity index (χ3v) is 5.84. The van der Waals surface area contributed by atoms with Gasteiger partial charge < -0.3 is 10.2 Å². The smallest absolute Gasteiger partial charge is 0.246 e. The highest BCUT2D eigenvalue weighted by molar-refractivity contribution is 7.12. The van der Waals surface area contributed by atoms with Gasteiger partial charge in [0.2, 0.25) is 11.8 Å². The predicted molar refractivity (Wildman–Crippen MR) is 116 cm³/mol. The molecular weight excluding hydrogens is 370 g/mol. The summed E-state index contributed by atoms with van der Waals surface area (Å²) in [6.07, 6.45) is 4.41. The average molecular weight is 398 g/mol. The monoisotopic (exact) mass is 397 g/mol. The van der Waals surface area contributed by atoms with E-state index in [0.717, 1.165) is 22.5 Å². The first kappa shape index (κ1) is 20.3. The predicted octanol–water partition coefficient (Wildman–Crippen LogP) is 3.42. The summed E-state index contributed by atoms with van der Waals surface area (Å²) in [5, 5.41) is 3.01. The lowest BCUT2D eigenvalue weighted by Crippen LogP contribution is -2.50. The molecule has 1 aliphatic rings. The van der Waals surface area contributed by atoms with Crippen molar-refractivity contribution in [3.8, 4) is 0 Å². The number of carbonyl (C=O) groups excluding carboxylic acids is 2. The van der Waals surface area contributed by atoms with Gasteiger partial charge in [0.25, 0.3) is 0 Å². The highest BCUT2D eigenvalue weighted by Gasteiger charge is 2.21. The molecule has 1 aromatic carbocycles. The number of aryl methyl sites for hydroxylation is 2. The van der Waals surface area contributed by atoms with Crippen molar-refractivity contribution in [3.05, 3.63) is 57.8 Å². The Bertz CT molecular complexity index is 851. The zero-order chi connectivity index (χ0) is 19.9. The minimum atomic E-state index is -0.00589. The van der Waals surface area contributed by atoms with Crippen molar-refractivity contribution in [2.45, 2.75) is 20.3 Å². The van der Waals surface area contributed by atoms with E-state index in [1.807, 2.05) is 41.3 Å². The van der Waals surface area contributed by atoms with E-state index >= 15 is 0 Å². The van der Waals surface area contributed by atoms with Gasteiger partial charge in [-0.1, -0.05) is 25.1 Å². The van der Waals surface area contributed by atoms with Gasteiger partial charge in [-0.15, -0.1) is 11.3 Å². The Morgan fingerprint density at radius 3 is 2.54 bits per heavy atom. The van der Waals surface area contributed by atoms with Gasteiger partial charge in [-0.25, -0.2) is 0 Å². The largest absolute Gasteiger partial charge is 0.337 e. The molecule has 6 heteroatoms. The molecule has 0 spiro atoms. The number of rotatable bonds is 6. The molecule has 0 unspecified atom stereocenters. The van der Waals surface area contributed by atoms with Crippen molar-refractivity contribution in [3.63, 3.8) is 0 Å². The van der Waals surface area contributed by atoms with Gasteiger partial charge >= 0.3 is 0 Å². The zero-order valence-electron chi connectivity index (χ0n) is 16.5. The number of amides is 2. The molecule has 2 amide bonds. The Labute approximate surface area is 170 Å². The van der Waals surface area contributed by atoms with Crippen LogP contribution in [0.4, 0.5) is 5.69 Å². The second kappa shape index (κ2) is 9.66. The molecule has 1 saturated heterocycles. The van der Waals surface area contributed by atoms with Crippen molar-refractivity contribution >= 4 is 34.9 Å². The van der Waals surface area contributed by atoms with E-state index in [1.54, 1.807) is 17.4 Å². The van der Waals surface area contributed by atoms with Gasteiger partial charge in [0.1, 0.15) is 0 Å². The van der Waals surface area contributed by atoms with Gasteiger partial charge in [0.15, 0.2) is 0 Å². The lowest BCUT2D eigenvalue weighted by Gasteiger charge is -2.33. The van der Waals surface area contributed by atoms with E-state index in [4.69, 9.17) is 0 Å². The summed E-state index contributed by atoms with van der Waals surface area (Å²) in [4.78, 5) is 31.0. The summed E-state index contributed by atoms with van der Waals surface area (Å²) in [7, 11) is 0. The topological polar surface area (TPSA) is 52.7 Å². The zero-order valence-corrected chi connectivity index (χ0v) is 17.3. The van der Waals surface area contributed by atoms with Crippen LogP contribution in [0, 0.1) is 6.92 Å². The van der Waals surface area contributed by atoms with Crippen molar-refractivity contribution < 1.29 is 9.59 Å². The Kier molecular flexibility index (Phi) is 7.01. The quantitative estimate of drug-likeness (QED) is 0.760. The van der Waals surface area contributed by atoms with Crippen molar-refractivity contribution in [1.82, 2.24) is 9.80 Å². The lowest BCUT2D eigenvalue weighted by molar-refractivity contribution is -0.127. The maximum atomic E-state index is 12.4. The van der Waals surface area contributed by atoms with Gasteiger partial charge in [0, 0.05) is 47.7 Å². The first-order chi connectivity index (χ1) is 13.5. The fourth-order valence-electron chi connectivity index (χ4n) is 3.27. The molecule has 0 saturated carbocycles. The van der Waals surface area contributed by atoms with E-state index in [1.165, 1.54) is 4.88 Å². The molecule has 1 N–H and O–H groups in total. The molecule has 28 heavy (non-hydrogen) atoms. The van der Waals surface area contributed by atoms with Crippen LogP contribution in [0.1, 0.15) is 22.2 Å². The van der Waals surface area contributed by atoms with Crippen LogP contribution >= 0.6 is 11.3 Å². The molecule has 3 rings (SSSR count). The number of hydrogen-bond acceptors (Lipinski definition) is 4. The van der Waals surface area contributed by atoms with E-state index in [0.29, 0.717) is 32.7 Å². The first-order valence-corrected chi connectivity index (χ1v) is 10.5. The van der Waals surface area contributed by atoms with Crippen LogP contribution in [0.3, 0.4) is 0 Å². The molecule has 2 heterocycles. The summed E-state index contributed by atoms with van der Waals surface area (Å²) in [5.74, 6) is 0.0284. The summed E-state index contributed by atoms with van der Waals surface area (Å²) in [5.41, 5.74) is 2.02. The lowest BCUT2D eigenvalue weighted by atomic mass is 10.1. The Morgan fingerprint density at radius 2 is 1.86 bits per heavy atom. The molecule has 5 nitrogen and oxygen atoms in total. The number of hydrogen-bond donors (Lipinski definition) is 1.